The molecular formula is C30H34N4O3. The first-order valence-corrected chi connectivity index (χ1v) is 13.2. The maximum Gasteiger partial charge on any atom is 0.275 e. The van der Waals surface area contributed by atoms with Crippen LogP contribution >= 0.6 is 0 Å². The number of anilines is 2. The van der Waals surface area contributed by atoms with E-state index in [1.165, 1.54) is 5.56 Å². The van der Waals surface area contributed by atoms with Crippen LogP contribution < -0.4 is 26.0 Å². The number of nitrogens with zero attached hydrogens (tertiary/aromatic N) is 2. The summed E-state index contributed by atoms with van der Waals surface area (Å²) in [6.45, 7) is 3.25. The van der Waals surface area contributed by atoms with Gasteiger partial charge in [0.05, 0.1) is 13.2 Å². The summed E-state index contributed by atoms with van der Waals surface area (Å²) < 4.78 is 5.36. The molecule has 2 amide bonds. The Labute approximate surface area is 217 Å². The van der Waals surface area contributed by atoms with Crippen LogP contribution in [0.15, 0.2) is 71.5 Å². The summed E-state index contributed by atoms with van der Waals surface area (Å²) in [4.78, 5) is 31.0. The lowest BCUT2D eigenvalue weighted by molar-refractivity contribution is -0.116. The predicted octanol–water partition coefficient (Wildman–Crippen LogP) is 3.78. The van der Waals surface area contributed by atoms with Gasteiger partial charge in [-0.2, -0.15) is 0 Å². The van der Waals surface area contributed by atoms with Crippen LogP contribution in [0.5, 0.6) is 5.75 Å². The first-order valence-electron chi connectivity index (χ1n) is 13.2. The van der Waals surface area contributed by atoms with Gasteiger partial charge in [0.2, 0.25) is 5.91 Å². The van der Waals surface area contributed by atoms with Crippen LogP contribution in [0.1, 0.15) is 44.6 Å². The number of nitrogens with two attached hydrogens (primary N) is 2. The highest BCUT2D eigenvalue weighted by Gasteiger charge is 2.57. The number of carbonyl (C=O) groups excluding carboxylic acids is 2. The van der Waals surface area contributed by atoms with Gasteiger partial charge in [-0.05, 0) is 80.1 Å². The van der Waals surface area contributed by atoms with E-state index in [1.54, 1.807) is 7.11 Å². The first kappa shape index (κ1) is 23.8. The van der Waals surface area contributed by atoms with Gasteiger partial charge >= 0.3 is 0 Å². The Bertz CT molecular complexity index is 1320. The van der Waals surface area contributed by atoms with E-state index in [9.17, 15) is 9.59 Å². The average Bonchev–Trinajstić information content (AvgIpc) is 3.86. The van der Waals surface area contributed by atoms with Gasteiger partial charge in [0, 0.05) is 46.4 Å². The molecular weight excluding hydrogens is 464 g/mol. The Morgan fingerprint density at radius 3 is 2.19 bits per heavy atom. The van der Waals surface area contributed by atoms with Crippen LogP contribution in [-0.4, -0.2) is 38.1 Å². The van der Waals surface area contributed by atoms with Gasteiger partial charge in [0.25, 0.3) is 5.91 Å². The Morgan fingerprint density at radius 2 is 1.68 bits per heavy atom. The maximum atomic E-state index is 14.4. The molecule has 2 heterocycles. The third-order valence-electron chi connectivity index (χ3n) is 8.80. The van der Waals surface area contributed by atoms with E-state index in [0.717, 1.165) is 54.8 Å². The molecule has 1 unspecified atom stereocenters. The quantitative estimate of drug-likeness (QED) is 0.605. The zero-order valence-electron chi connectivity index (χ0n) is 21.5. The van der Waals surface area contributed by atoms with E-state index in [0.29, 0.717) is 24.4 Å². The van der Waals surface area contributed by atoms with Crippen molar-refractivity contribution >= 4 is 23.2 Å². The van der Waals surface area contributed by atoms with Gasteiger partial charge in [0.15, 0.2) is 0 Å². The second kappa shape index (κ2) is 8.48. The molecule has 192 valence electrons. The minimum absolute atomic E-state index is 0.0960. The highest BCUT2D eigenvalue weighted by atomic mass is 16.5. The molecule has 1 spiro atoms. The SMILES string of the molecule is CCC1C=C(C(N)=O)C2=C(C(=O)N(c3ccc(C4(CN)CC4)cc3)CC23CC3)N1c1ccc(OC)cc1. The van der Waals surface area contributed by atoms with Crippen molar-refractivity contribution < 1.29 is 14.3 Å². The Hall–Kier alpha value is -3.58. The summed E-state index contributed by atoms with van der Waals surface area (Å²) in [5.74, 6) is 0.188. The Kier molecular flexibility index (Phi) is 5.46. The fraction of sp³-hybridized carbons (Fsp3) is 0.400. The minimum atomic E-state index is -0.464. The van der Waals surface area contributed by atoms with Crippen molar-refractivity contribution in [3.05, 3.63) is 77.0 Å². The molecule has 37 heavy (non-hydrogen) atoms. The van der Waals surface area contributed by atoms with Crippen molar-refractivity contribution in [2.24, 2.45) is 16.9 Å². The number of rotatable bonds is 7. The first-order chi connectivity index (χ1) is 17.9. The van der Waals surface area contributed by atoms with Crippen molar-refractivity contribution in [1.29, 1.82) is 0 Å². The van der Waals surface area contributed by atoms with Crippen LogP contribution in [-0.2, 0) is 15.0 Å². The van der Waals surface area contributed by atoms with Crippen LogP contribution in [0.2, 0.25) is 0 Å². The van der Waals surface area contributed by atoms with E-state index in [4.69, 9.17) is 16.2 Å². The van der Waals surface area contributed by atoms with Gasteiger partial charge in [-0.1, -0.05) is 19.1 Å². The summed E-state index contributed by atoms with van der Waals surface area (Å²) in [6.07, 6.45) is 6.75. The molecule has 4 N–H and O–H groups in total. The molecule has 2 fully saturated rings. The van der Waals surface area contributed by atoms with E-state index in [1.807, 2.05) is 47.4 Å². The molecule has 0 radical (unpaired) electrons. The van der Waals surface area contributed by atoms with Crippen molar-refractivity contribution in [2.75, 3.05) is 30.0 Å². The number of fused-ring (bicyclic) bond motifs is 1. The van der Waals surface area contributed by atoms with Crippen LogP contribution in [0.25, 0.3) is 0 Å². The molecule has 0 aromatic heterocycles. The Morgan fingerprint density at radius 1 is 1.03 bits per heavy atom. The molecule has 7 heteroatoms. The summed E-state index contributed by atoms with van der Waals surface area (Å²) in [7, 11) is 1.64. The van der Waals surface area contributed by atoms with Crippen molar-refractivity contribution in [1.82, 2.24) is 0 Å². The number of methoxy groups -OCH3 is 1. The zero-order chi connectivity index (χ0) is 25.9. The monoisotopic (exact) mass is 498 g/mol. The molecule has 0 saturated heterocycles. The van der Waals surface area contributed by atoms with E-state index in [2.05, 4.69) is 24.0 Å². The smallest absolute Gasteiger partial charge is 0.275 e. The number of hydrogen-bond donors (Lipinski definition) is 2. The summed E-state index contributed by atoms with van der Waals surface area (Å²) >= 11 is 0. The minimum Gasteiger partial charge on any atom is -0.497 e. The number of ether oxygens (including phenoxy) is 1. The molecule has 6 rings (SSSR count). The third-order valence-corrected chi connectivity index (χ3v) is 8.80. The van der Waals surface area contributed by atoms with E-state index in [-0.39, 0.29) is 22.8 Å². The largest absolute Gasteiger partial charge is 0.497 e. The van der Waals surface area contributed by atoms with E-state index < -0.39 is 5.91 Å². The number of primary amides is 1. The summed E-state index contributed by atoms with van der Waals surface area (Å²) in [5, 5.41) is 0. The standard InChI is InChI=1S/C30H34N4O3/c1-3-20-16-24(27(32)35)25-26(34(20)22-8-10-23(37-2)11-9-22)28(36)33(18-30(25)14-15-30)21-6-4-19(5-7-21)29(17-31)12-13-29/h4-11,16,20H,3,12-15,17-18,31H2,1-2H3,(H2,32,35). The number of benzene rings is 2. The second-order valence-corrected chi connectivity index (χ2v) is 10.9. The maximum absolute atomic E-state index is 14.4. The second-order valence-electron chi connectivity index (χ2n) is 10.9. The Balaban J connectivity index is 1.46. The number of carbonyl (C=O) groups is 2. The van der Waals surface area contributed by atoms with Gasteiger partial charge in [-0.3, -0.25) is 9.59 Å². The molecule has 4 aliphatic rings. The lowest BCUT2D eigenvalue weighted by atomic mass is 9.79. The molecule has 1 atom stereocenters. The van der Waals surface area contributed by atoms with Crippen molar-refractivity contribution in [3.8, 4) is 5.75 Å². The summed E-state index contributed by atoms with van der Waals surface area (Å²) in [6, 6.07) is 15.9. The van der Waals surface area contributed by atoms with E-state index >= 15 is 0 Å². The number of amides is 2. The highest BCUT2D eigenvalue weighted by Crippen LogP contribution is 2.60. The normalized spacial score (nSPS) is 23.1. The molecule has 2 aliphatic heterocycles. The fourth-order valence-corrected chi connectivity index (χ4v) is 6.19. The molecule has 2 aliphatic carbocycles. The predicted molar refractivity (Wildman–Crippen MR) is 144 cm³/mol. The van der Waals surface area contributed by atoms with Crippen molar-refractivity contribution in [2.45, 2.75) is 50.5 Å². The molecule has 2 saturated carbocycles. The highest BCUT2D eigenvalue weighted by molar-refractivity contribution is 6.14. The van der Waals surface area contributed by atoms with Gasteiger partial charge in [-0.25, -0.2) is 0 Å². The topological polar surface area (TPSA) is 102 Å². The average molecular weight is 499 g/mol. The lowest BCUT2D eigenvalue weighted by Crippen LogP contribution is -2.53. The molecule has 2 aromatic rings. The van der Waals surface area contributed by atoms with Gasteiger partial charge < -0.3 is 26.0 Å². The van der Waals surface area contributed by atoms with Crippen LogP contribution in [0, 0.1) is 5.41 Å². The zero-order valence-corrected chi connectivity index (χ0v) is 21.5. The third kappa shape index (κ3) is 3.67. The van der Waals surface area contributed by atoms with Crippen LogP contribution in [0.3, 0.4) is 0 Å². The summed E-state index contributed by atoms with van der Waals surface area (Å²) in [5.41, 5.74) is 16.7. The molecule has 7 nitrogen and oxygen atoms in total. The molecule has 0 bridgehead atoms. The number of hydrogen-bond acceptors (Lipinski definition) is 5. The lowest BCUT2D eigenvalue weighted by Gasteiger charge is -2.45. The fourth-order valence-electron chi connectivity index (χ4n) is 6.19. The van der Waals surface area contributed by atoms with Gasteiger partial charge in [-0.15, -0.1) is 0 Å². The van der Waals surface area contributed by atoms with Crippen molar-refractivity contribution in [3.63, 3.8) is 0 Å². The van der Waals surface area contributed by atoms with Crippen LogP contribution in [0.4, 0.5) is 11.4 Å². The van der Waals surface area contributed by atoms with Gasteiger partial charge in [0.1, 0.15) is 11.4 Å². The molecule has 2 aromatic carbocycles.